The van der Waals surface area contributed by atoms with Crippen LogP contribution in [0.4, 0.5) is 11.4 Å². The molecule has 3 aromatic carbocycles. The van der Waals surface area contributed by atoms with Crippen molar-refractivity contribution in [2.75, 3.05) is 17.2 Å². The molecule has 0 aliphatic carbocycles. The molecule has 0 spiro atoms. The van der Waals surface area contributed by atoms with Crippen LogP contribution in [0.3, 0.4) is 0 Å². The number of carbonyl (C=O) groups is 2. The number of carbonyl (C=O) groups excluding carboxylic acids is 2. The van der Waals surface area contributed by atoms with Crippen LogP contribution in [0.2, 0.25) is 0 Å². The summed E-state index contributed by atoms with van der Waals surface area (Å²) in [5, 5.41) is 5.67. The van der Waals surface area contributed by atoms with Crippen LogP contribution in [-0.4, -0.2) is 18.4 Å². The van der Waals surface area contributed by atoms with E-state index in [-0.39, 0.29) is 18.4 Å². The number of nitrogens with one attached hydrogen (secondary N) is 2. The Morgan fingerprint density at radius 2 is 1.55 bits per heavy atom. The van der Waals surface area contributed by atoms with E-state index >= 15 is 0 Å². The SMILES string of the molecule is Cc1c(Br)ccc(NC(=O)COc2ccccc2C(=O)Nc2ccccc2)c1C. The number of ether oxygens (including phenoxy) is 1. The van der Waals surface area contributed by atoms with Crippen molar-refractivity contribution in [2.45, 2.75) is 13.8 Å². The molecule has 0 atom stereocenters. The van der Waals surface area contributed by atoms with E-state index in [1.54, 1.807) is 36.4 Å². The number of amides is 2. The van der Waals surface area contributed by atoms with Crippen molar-refractivity contribution in [1.29, 1.82) is 0 Å². The van der Waals surface area contributed by atoms with Crippen molar-refractivity contribution in [1.82, 2.24) is 0 Å². The molecule has 2 N–H and O–H groups in total. The zero-order valence-corrected chi connectivity index (χ0v) is 17.7. The molecule has 2 amide bonds. The van der Waals surface area contributed by atoms with Gasteiger partial charge in [0, 0.05) is 15.8 Å². The van der Waals surface area contributed by atoms with E-state index in [1.807, 2.05) is 44.2 Å². The minimum Gasteiger partial charge on any atom is -0.483 e. The minimum absolute atomic E-state index is 0.204. The maximum absolute atomic E-state index is 12.6. The van der Waals surface area contributed by atoms with Crippen LogP contribution < -0.4 is 15.4 Å². The third-order valence-electron chi connectivity index (χ3n) is 4.52. The molecule has 29 heavy (non-hydrogen) atoms. The average molecular weight is 453 g/mol. The molecule has 0 heterocycles. The Morgan fingerprint density at radius 1 is 0.862 bits per heavy atom. The van der Waals surface area contributed by atoms with Crippen LogP contribution in [0.25, 0.3) is 0 Å². The quantitative estimate of drug-likeness (QED) is 0.530. The largest absolute Gasteiger partial charge is 0.483 e. The summed E-state index contributed by atoms with van der Waals surface area (Å²) in [5.74, 6) is -0.250. The van der Waals surface area contributed by atoms with Crippen LogP contribution >= 0.6 is 15.9 Å². The highest BCUT2D eigenvalue weighted by Gasteiger charge is 2.14. The normalized spacial score (nSPS) is 10.3. The van der Waals surface area contributed by atoms with Gasteiger partial charge in [-0.1, -0.05) is 46.3 Å². The van der Waals surface area contributed by atoms with Crippen molar-refractivity contribution in [2.24, 2.45) is 0 Å². The predicted molar refractivity (Wildman–Crippen MR) is 119 cm³/mol. The van der Waals surface area contributed by atoms with E-state index in [1.165, 1.54) is 0 Å². The smallest absolute Gasteiger partial charge is 0.262 e. The number of para-hydroxylation sites is 2. The van der Waals surface area contributed by atoms with Crippen LogP contribution in [0, 0.1) is 13.8 Å². The highest BCUT2D eigenvalue weighted by Crippen LogP contribution is 2.26. The Labute approximate surface area is 178 Å². The summed E-state index contributed by atoms with van der Waals surface area (Å²) in [6, 6.07) is 19.7. The number of benzene rings is 3. The van der Waals surface area contributed by atoms with Gasteiger partial charge in [-0.15, -0.1) is 0 Å². The van der Waals surface area contributed by atoms with Crippen molar-refractivity contribution >= 4 is 39.1 Å². The Morgan fingerprint density at radius 3 is 2.31 bits per heavy atom. The van der Waals surface area contributed by atoms with E-state index in [2.05, 4.69) is 26.6 Å². The summed E-state index contributed by atoms with van der Waals surface area (Å²) < 4.78 is 6.63. The number of rotatable bonds is 6. The Kier molecular flexibility index (Phi) is 6.67. The molecular weight excluding hydrogens is 432 g/mol. The van der Waals surface area contributed by atoms with Crippen LogP contribution in [-0.2, 0) is 4.79 Å². The molecule has 0 saturated heterocycles. The molecule has 0 bridgehead atoms. The van der Waals surface area contributed by atoms with Gasteiger partial charge in [0.05, 0.1) is 5.56 Å². The molecule has 3 rings (SSSR count). The van der Waals surface area contributed by atoms with E-state index in [9.17, 15) is 9.59 Å². The van der Waals surface area contributed by atoms with E-state index < -0.39 is 0 Å². The summed E-state index contributed by atoms with van der Waals surface area (Å²) in [6.07, 6.45) is 0. The fraction of sp³-hybridized carbons (Fsp3) is 0.130. The monoisotopic (exact) mass is 452 g/mol. The van der Waals surface area contributed by atoms with Crippen molar-refractivity contribution < 1.29 is 14.3 Å². The van der Waals surface area contributed by atoms with E-state index in [4.69, 9.17) is 4.74 Å². The molecule has 5 nitrogen and oxygen atoms in total. The van der Waals surface area contributed by atoms with Gasteiger partial charge in [0.2, 0.25) is 0 Å². The lowest BCUT2D eigenvalue weighted by Crippen LogP contribution is -2.22. The highest BCUT2D eigenvalue weighted by atomic mass is 79.9. The molecule has 0 fully saturated rings. The lowest BCUT2D eigenvalue weighted by atomic mass is 10.1. The molecular formula is C23H21BrN2O3. The molecule has 148 valence electrons. The van der Waals surface area contributed by atoms with Gasteiger partial charge in [-0.2, -0.15) is 0 Å². The number of anilines is 2. The number of hydrogen-bond donors (Lipinski definition) is 2. The highest BCUT2D eigenvalue weighted by molar-refractivity contribution is 9.10. The lowest BCUT2D eigenvalue weighted by molar-refractivity contribution is -0.118. The Bertz CT molecular complexity index is 1040. The van der Waals surface area contributed by atoms with Crippen molar-refractivity contribution in [3.05, 3.63) is 87.9 Å². The summed E-state index contributed by atoms with van der Waals surface area (Å²) in [6.45, 7) is 3.72. The zero-order valence-electron chi connectivity index (χ0n) is 16.2. The predicted octanol–water partition coefficient (Wildman–Crippen LogP) is 5.34. The van der Waals surface area contributed by atoms with Crippen molar-refractivity contribution in [3.8, 4) is 5.75 Å². The molecule has 0 radical (unpaired) electrons. The second-order valence-electron chi connectivity index (χ2n) is 6.50. The standard InChI is InChI=1S/C23H21BrN2O3/c1-15-16(2)20(13-12-19(15)24)26-22(27)14-29-21-11-7-6-10-18(21)23(28)25-17-8-4-3-5-9-17/h3-13H,14H2,1-2H3,(H,25,28)(H,26,27). The zero-order chi connectivity index (χ0) is 20.8. The first-order chi connectivity index (χ1) is 14.0. The summed E-state index contributed by atoms with van der Waals surface area (Å²) in [4.78, 5) is 24.9. The molecule has 6 heteroatoms. The number of halogens is 1. The fourth-order valence-corrected chi connectivity index (χ4v) is 3.18. The van der Waals surface area contributed by atoms with Gasteiger partial charge in [-0.25, -0.2) is 0 Å². The Hall–Kier alpha value is -3.12. The number of hydrogen-bond acceptors (Lipinski definition) is 3. The lowest BCUT2D eigenvalue weighted by Gasteiger charge is -2.14. The van der Waals surface area contributed by atoms with E-state index in [0.29, 0.717) is 17.0 Å². The third kappa shape index (κ3) is 5.23. The van der Waals surface area contributed by atoms with Crippen LogP contribution in [0.5, 0.6) is 5.75 Å². The van der Waals surface area contributed by atoms with Crippen LogP contribution in [0.15, 0.2) is 71.2 Å². The maximum atomic E-state index is 12.6. The van der Waals surface area contributed by atoms with Gasteiger partial charge in [-0.05, 0) is 61.4 Å². The first-order valence-corrected chi connectivity index (χ1v) is 9.89. The molecule has 3 aromatic rings. The third-order valence-corrected chi connectivity index (χ3v) is 5.38. The van der Waals surface area contributed by atoms with Crippen molar-refractivity contribution in [3.63, 3.8) is 0 Å². The van der Waals surface area contributed by atoms with Gasteiger partial charge in [0.25, 0.3) is 11.8 Å². The minimum atomic E-state index is -0.299. The summed E-state index contributed by atoms with van der Waals surface area (Å²) >= 11 is 3.48. The molecule has 0 saturated carbocycles. The van der Waals surface area contributed by atoms with Gasteiger partial charge in [0.15, 0.2) is 6.61 Å². The molecule has 0 aliphatic heterocycles. The van der Waals surface area contributed by atoms with Gasteiger partial charge in [0.1, 0.15) is 5.75 Å². The second-order valence-corrected chi connectivity index (χ2v) is 7.35. The topological polar surface area (TPSA) is 67.4 Å². The fourth-order valence-electron chi connectivity index (χ4n) is 2.75. The summed E-state index contributed by atoms with van der Waals surface area (Å²) in [7, 11) is 0. The maximum Gasteiger partial charge on any atom is 0.262 e. The molecule has 0 aromatic heterocycles. The van der Waals surface area contributed by atoms with Crippen LogP contribution in [0.1, 0.15) is 21.5 Å². The Balaban J connectivity index is 1.66. The van der Waals surface area contributed by atoms with E-state index in [0.717, 1.165) is 21.3 Å². The van der Waals surface area contributed by atoms with Gasteiger partial charge < -0.3 is 15.4 Å². The average Bonchev–Trinajstić information content (AvgIpc) is 2.73. The molecule has 0 unspecified atom stereocenters. The van der Waals surface area contributed by atoms with Gasteiger partial charge >= 0.3 is 0 Å². The second kappa shape index (κ2) is 9.39. The molecule has 0 aliphatic rings. The summed E-state index contributed by atoms with van der Waals surface area (Å²) in [5.41, 5.74) is 3.82. The first-order valence-electron chi connectivity index (χ1n) is 9.09. The van der Waals surface area contributed by atoms with Gasteiger partial charge in [-0.3, -0.25) is 9.59 Å². The first kappa shape index (κ1) is 20.6.